The average molecular weight is 503 g/mol. The first-order chi connectivity index (χ1) is 17.1. The van der Waals surface area contributed by atoms with Crippen LogP contribution in [-0.2, 0) is 0 Å². The quantitative estimate of drug-likeness (QED) is 0.165. The fraction of sp³-hybridized carbons (Fsp3) is 0.192. The maximum atomic E-state index is 5.80. The molecule has 1 aromatic heterocycles. The predicted molar refractivity (Wildman–Crippen MR) is 146 cm³/mol. The molecule has 1 saturated carbocycles. The first kappa shape index (κ1) is 23.3. The Labute approximate surface area is 215 Å². The molecule has 0 bridgehead atoms. The maximum absolute atomic E-state index is 5.80. The van der Waals surface area contributed by atoms with E-state index in [2.05, 4.69) is 88.0 Å². The summed E-state index contributed by atoms with van der Waals surface area (Å²) < 4.78 is 7.53. The lowest BCUT2D eigenvalue weighted by Crippen LogP contribution is -2.52. The van der Waals surface area contributed by atoms with Gasteiger partial charge in [0.25, 0.3) is 0 Å². The number of nitrogens with one attached hydrogen (secondary N) is 1. The van der Waals surface area contributed by atoms with Crippen molar-refractivity contribution < 1.29 is 4.74 Å². The van der Waals surface area contributed by atoms with Crippen LogP contribution in [0.2, 0.25) is 0 Å². The highest BCUT2D eigenvalue weighted by atomic mass is 32.1. The van der Waals surface area contributed by atoms with E-state index in [1.807, 2.05) is 48.5 Å². The van der Waals surface area contributed by atoms with Gasteiger partial charge in [0.15, 0.2) is 16.7 Å². The number of benzene rings is 3. The molecule has 1 heterocycles. The van der Waals surface area contributed by atoms with Gasteiger partial charge in [-0.3, -0.25) is 4.57 Å². The Kier molecular flexibility index (Phi) is 6.96. The van der Waals surface area contributed by atoms with Crippen molar-refractivity contribution >= 4 is 48.7 Å². The summed E-state index contributed by atoms with van der Waals surface area (Å²) in [5.41, 5.74) is 3.82. The third-order valence-electron chi connectivity index (χ3n) is 6.19. The molecule has 1 N–H and O–H groups in total. The summed E-state index contributed by atoms with van der Waals surface area (Å²) in [7, 11) is 2.16. The highest BCUT2D eigenvalue weighted by molar-refractivity contribution is 7.80. The van der Waals surface area contributed by atoms with Crippen LogP contribution in [0.5, 0.6) is 5.75 Å². The minimum Gasteiger partial charge on any atom is -0.446 e. The molecule has 3 aromatic carbocycles. The number of nitrogens with zero attached hydrogens (tertiary/aromatic N) is 5. The SMILES string of the molecule is CN(c1ccccc1)C1CCC1Nc1cccc(O/C=N/c2cccc(-n3c(S)nnc3S)c2)c1. The molecule has 4 aromatic rings. The van der Waals surface area contributed by atoms with Crippen molar-refractivity contribution in [3.05, 3.63) is 78.9 Å². The molecule has 178 valence electrons. The van der Waals surface area contributed by atoms with Crippen molar-refractivity contribution in [3.8, 4) is 11.4 Å². The van der Waals surface area contributed by atoms with E-state index in [-0.39, 0.29) is 0 Å². The van der Waals surface area contributed by atoms with Gasteiger partial charge in [0.2, 0.25) is 0 Å². The number of aromatic nitrogens is 3. The van der Waals surface area contributed by atoms with Crippen LogP contribution in [0, 0.1) is 0 Å². The molecular formula is C26H26N6OS2. The van der Waals surface area contributed by atoms with Crippen LogP contribution < -0.4 is 15.0 Å². The van der Waals surface area contributed by atoms with Gasteiger partial charge in [-0.1, -0.05) is 30.3 Å². The van der Waals surface area contributed by atoms with Gasteiger partial charge in [-0.2, -0.15) is 0 Å². The number of hydrogen-bond acceptors (Lipinski definition) is 8. The number of rotatable bonds is 8. The molecule has 0 saturated heterocycles. The Morgan fingerprint density at radius 1 is 0.971 bits per heavy atom. The van der Waals surface area contributed by atoms with E-state index in [4.69, 9.17) is 4.74 Å². The van der Waals surface area contributed by atoms with Crippen LogP contribution in [0.15, 0.2) is 94.2 Å². The fourth-order valence-electron chi connectivity index (χ4n) is 4.20. The summed E-state index contributed by atoms with van der Waals surface area (Å²) in [6.45, 7) is 0. The zero-order valence-electron chi connectivity index (χ0n) is 19.2. The zero-order valence-corrected chi connectivity index (χ0v) is 21.0. The third-order valence-corrected chi connectivity index (χ3v) is 6.77. The summed E-state index contributed by atoms with van der Waals surface area (Å²) in [4.78, 5) is 6.80. The van der Waals surface area contributed by atoms with Crippen molar-refractivity contribution in [1.82, 2.24) is 14.8 Å². The summed E-state index contributed by atoms with van der Waals surface area (Å²) in [6, 6.07) is 26.9. The van der Waals surface area contributed by atoms with E-state index < -0.39 is 0 Å². The van der Waals surface area contributed by atoms with Gasteiger partial charge in [-0.15, -0.1) is 35.5 Å². The van der Waals surface area contributed by atoms with Gasteiger partial charge >= 0.3 is 0 Å². The summed E-state index contributed by atoms with van der Waals surface area (Å²) in [5.74, 6) is 0.719. The number of thiol groups is 2. The third kappa shape index (κ3) is 5.31. The molecule has 7 nitrogen and oxygen atoms in total. The number of hydrogen-bond donors (Lipinski definition) is 3. The van der Waals surface area contributed by atoms with Crippen LogP contribution in [-0.4, -0.2) is 40.3 Å². The number of likely N-dealkylation sites (N-methyl/N-ethyl adjacent to an activating group) is 1. The predicted octanol–water partition coefficient (Wildman–Crippen LogP) is 5.66. The lowest BCUT2D eigenvalue weighted by atomic mass is 9.84. The molecule has 1 fully saturated rings. The molecular weight excluding hydrogens is 476 g/mol. The normalized spacial score (nSPS) is 17.2. The second-order valence-electron chi connectivity index (χ2n) is 8.38. The molecule has 1 aliphatic rings. The first-order valence-corrected chi connectivity index (χ1v) is 12.3. The summed E-state index contributed by atoms with van der Waals surface area (Å²) >= 11 is 8.66. The summed E-state index contributed by atoms with van der Waals surface area (Å²) in [6.07, 6.45) is 3.76. The van der Waals surface area contributed by atoms with Crippen molar-refractivity contribution in [1.29, 1.82) is 0 Å². The highest BCUT2D eigenvalue weighted by Gasteiger charge is 2.34. The van der Waals surface area contributed by atoms with Crippen molar-refractivity contribution in [3.63, 3.8) is 0 Å². The minimum atomic E-state index is 0.387. The molecule has 0 amide bonds. The first-order valence-electron chi connectivity index (χ1n) is 11.4. The molecule has 0 aliphatic heterocycles. The van der Waals surface area contributed by atoms with Gasteiger partial charge in [0, 0.05) is 36.6 Å². The monoisotopic (exact) mass is 502 g/mol. The average Bonchev–Trinajstić information content (AvgIpc) is 3.20. The van der Waals surface area contributed by atoms with Crippen molar-refractivity contribution in [2.45, 2.75) is 35.2 Å². The van der Waals surface area contributed by atoms with E-state index >= 15 is 0 Å². The molecule has 5 rings (SSSR count). The molecule has 0 radical (unpaired) electrons. The Morgan fingerprint density at radius 3 is 2.49 bits per heavy atom. The molecule has 2 unspecified atom stereocenters. The molecule has 35 heavy (non-hydrogen) atoms. The van der Waals surface area contributed by atoms with Gasteiger partial charge in [0.1, 0.15) is 5.75 Å². The van der Waals surface area contributed by atoms with Gasteiger partial charge in [-0.05, 0) is 55.3 Å². The van der Waals surface area contributed by atoms with Crippen LogP contribution in [0.25, 0.3) is 5.69 Å². The Morgan fingerprint density at radius 2 is 1.74 bits per heavy atom. The van der Waals surface area contributed by atoms with Crippen molar-refractivity contribution in [2.75, 3.05) is 17.3 Å². The number of anilines is 2. The largest absolute Gasteiger partial charge is 0.446 e. The van der Waals surface area contributed by atoms with Gasteiger partial charge < -0.3 is 15.0 Å². The van der Waals surface area contributed by atoms with E-state index in [0.29, 0.717) is 22.4 Å². The number of aliphatic imine (C=N–C) groups is 1. The molecule has 0 spiro atoms. The smallest absolute Gasteiger partial charge is 0.193 e. The maximum Gasteiger partial charge on any atom is 0.193 e. The fourth-order valence-corrected chi connectivity index (χ4v) is 4.79. The van der Waals surface area contributed by atoms with Crippen LogP contribution in [0.4, 0.5) is 17.1 Å². The minimum absolute atomic E-state index is 0.387. The zero-order chi connectivity index (χ0) is 24.2. The lowest BCUT2D eigenvalue weighted by Gasteiger charge is -2.44. The lowest BCUT2D eigenvalue weighted by molar-refractivity contribution is 0.357. The standard InChI is InChI=1S/C26H26N6OS2/c1-31(20-9-3-2-4-10-20)24-14-13-23(24)28-19-8-6-12-22(16-19)33-17-27-18-7-5-11-21(15-18)32-25(34)29-30-26(32)35/h2-12,15-17,23-24,28H,13-14H2,1H3,(H,29,34)(H,30,35)/b27-17+. The van der Waals surface area contributed by atoms with Crippen LogP contribution in [0.1, 0.15) is 12.8 Å². The molecule has 2 atom stereocenters. The van der Waals surface area contributed by atoms with E-state index in [1.54, 1.807) is 4.57 Å². The van der Waals surface area contributed by atoms with Crippen LogP contribution >= 0.6 is 25.3 Å². The van der Waals surface area contributed by atoms with Crippen LogP contribution in [0.3, 0.4) is 0 Å². The summed E-state index contributed by atoms with van der Waals surface area (Å²) in [5, 5.41) is 12.4. The molecule has 1 aliphatic carbocycles. The Bertz CT molecular complexity index is 1310. The second kappa shape index (κ2) is 10.5. The second-order valence-corrected chi connectivity index (χ2v) is 9.18. The van der Waals surface area contributed by atoms with E-state index in [0.717, 1.165) is 29.2 Å². The Balaban J connectivity index is 1.21. The van der Waals surface area contributed by atoms with E-state index in [9.17, 15) is 0 Å². The molecule has 9 heteroatoms. The van der Waals surface area contributed by atoms with Gasteiger partial charge in [0.05, 0.1) is 11.4 Å². The Hall–Kier alpha value is -3.43. The topological polar surface area (TPSA) is 67.6 Å². The number of ether oxygens (including phenoxy) is 1. The van der Waals surface area contributed by atoms with Gasteiger partial charge in [-0.25, -0.2) is 4.99 Å². The number of para-hydroxylation sites is 1. The van der Waals surface area contributed by atoms with Crippen molar-refractivity contribution in [2.24, 2.45) is 4.99 Å². The highest BCUT2D eigenvalue weighted by Crippen LogP contribution is 2.32. The van der Waals surface area contributed by atoms with E-state index in [1.165, 1.54) is 18.5 Å².